The standard InChI is InChI=1S/C29H37NO7/c1-7-35-24-17-20(12-13-23(24)34-6)26-25(27(31)21-10-8-11-22(16-21)37-19(4)5)28(32)29(33)30(26)14-9-15-36-18(2)3/h8,10-13,16-19,26,31H,7,9,14-15H2,1-6H3/b27-25-. The molecule has 0 aliphatic carbocycles. The van der Waals surface area contributed by atoms with Gasteiger partial charge in [0.25, 0.3) is 11.7 Å². The van der Waals surface area contributed by atoms with Crippen LogP contribution in [0.25, 0.3) is 5.76 Å². The average Bonchev–Trinajstić information content (AvgIpc) is 3.11. The number of carbonyl (C=O) groups is 2. The first-order valence-corrected chi connectivity index (χ1v) is 12.7. The van der Waals surface area contributed by atoms with Gasteiger partial charge in [0, 0.05) is 18.7 Å². The van der Waals surface area contributed by atoms with E-state index in [0.29, 0.717) is 48.0 Å². The molecule has 1 N–H and O–H groups in total. The van der Waals surface area contributed by atoms with E-state index < -0.39 is 17.7 Å². The molecule has 2 aromatic carbocycles. The largest absolute Gasteiger partial charge is 0.507 e. The number of aliphatic hydroxyl groups is 1. The molecule has 3 rings (SSSR count). The van der Waals surface area contributed by atoms with E-state index in [1.54, 1.807) is 49.6 Å². The summed E-state index contributed by atoms with van der Waals surface area (Å²) < 4.78 is 22.6. The first-order valence-electron chi connectivity index (χ1n) is 12.7. The lowest BCUT2D eigenvalue weighted by Crippen LogP contribution is -2.31. The number of hydrogen-bond acceptors (Lipinski definition) is 7. The summed E-state index contributed by atoms with van der Waals surface area (Å²) in [5.41, 5.74) is 1.04. The van der Waals surface area contributed by atoms with Gasteiger partial charge in [-0.15, -0.1) is 0 Å². The second-order valence-corrected chi connectivity index (χ2v) is 9.30. The molecule has 1 aliphatic rings. The van der Waals surface area contributed by atoms with Gasteiger partial charge in [0.15, 0.2) is 11.5 Å². The van der Waals surface area contributed by atoms with Crippen LogP contribution >= 0.6 is 0 Å². The quantitative estimate of drug-likeness (QED) is 0.183. The smallest absolute Gasteiger partial charge is 0.295 e. The van der Waals surface area contributed by atoms with E-state index in [4.69, 9.17) is 18.9 Å². The second kappa shape index (κ2) is 12.6. The van der Waals surface area contributed by atoms with Crippen molar-refractivity contribution < 1.29 is 33.6 Å². The van der Waals surface area contributed by atoms with Crippen molar-refractivity contribution >= 4 is 17.4 Å². The lowest BCUT2D eigenvalue weighted by atomic mass is 9.95. The Morgan fingerprint density at radius 2 is 1.78 bits per heavy atom. The number of benzene rings is 2. The number of ketones is 1. The van der Waals surface area contributed by atoms with Crippen LogP contribution in [-0.2, 0) is 14.3 Å². The van der Waals surface area contributed by atoms with Crippen molar-refractivity contribution in [1.82, 2.24) is 4.90 Å². The summed E-state index contributed by atoms with van der Waals surface area (Å²) in [6, 6.07) is 11.3. The highest BCUT2D eigenvalue weighted by Gasteiger charge is 2.46. The maximum absolute atomic E-state index is 13.3. The fourth-order valence-electron chi connectivity index (χ4n) is 4.29. The minimum atomic E-state index is -0.807. The van der Waals surface area contributed by atoms with Crippen LogP contribution in [0.15, 0.2) is 48.0 Å². The van der Waals surface area contributed by atoms with Crippen molar-refractivity contribution in [3.63, 3.8) is 0 Å². The van der Waals surface area contributed by atoms with Gasteiger partial charge in [-0.05, 0) is 70.9 Å². The van der Waals surface area contributed by atoms with Gasteiger partial charge in [-0.25, -0.2) is 0 Å². The molecule has 1 saturated heterocycles. The fourth-order valence-corrected chi connectivity index (χ4v) is 4.29. The van der Waals surface area contributed by atoms with E-state index in [0.717, 1.165) is 0 Å². The first-order chi connectivity index (χ1) is 17.7. The Balaban J connectivity index is 2.11. The highest BCUT2D eigenvalue weighted by Crippen LogP contribution is 2.42. The van der Waals surface area contributed by atoms with Gasteiger partial charge in [-0.3, -0.25) is 9.59 Å². The summed E-state index contributed by atoms with van der Waals surface area (Å²) in [6.07, 6.45) is 0.530. The predicted octanol–water partition coefficient (Wildman–Crippen LogP) is 5.12. The number of rotatable bonds is 12. The van der Waals surface area contributed by atoms with E-state index in [9.17, 15) is 14.7 Å². The van der Waals surface area contributed by atoms with E-state index in [2.05, 4.69) is 0 Å². The van der Waals surface area contributed by atoms with E-state index in [1.165, 1.54) is 4.90 Å². The third-order valence-electron chi connectivity index (χ3n) is 5.82. The van der Waals surface area contributed by atoms with Crippen LogP contribution in [0.5, 0.6) is 17.2 Å². The van der Waals surface area contributed by atoms with Crippen molar-refractivity contribution in [3.05, 3.63) is 59.2 Å². The highest BCUT2D eigenvalue weighted by molar-refractivity contribution is 6.46. The molecule has 1 atom stereocenters. The molecular weight excluding hydrogens is 474 g/mol. The SMILES string of the molecule is CCOc1cc(C2/C(=C(/O)c3cccc(OC(C)C)c3)C(=O)C(=O)N2CCCOC(C)C)ccc1OC. The van der Waals surface area contributed by atoms with E-state index >= 15 is 0 Å². The third kappa shape index (κ3) is 6.63. The third-order valence-corrected chi connectivity index (χ3v) is 5.82. The number of amides is 1. The second-order valence-electron chi connectivity index (χ2n) is 9.30. The zero-order valence-corrected chi connectivity index (χ0v) is 22.4. The van der Waals surface area contributed by atoms with Gasteiger partial charge in [-0.2, -0.15) is 0 Å². The Bertz CT molecular complexity index is 1140. The first kappa shape index (κ1) is 28.1. The summed E-state index contributed by atoms with van der Waals surface area (Å²) in [5, 5.41) is 11.4. The number of Topliss-reactive ketones (excluding diaryl/α,β-unsaturated/α-hetero) is 1. The molecule has 1 fully saturated rings. The van der Waals surface area contributed by atoms with Crippen LogP contribution < -0.4 is 14.2 Å². The normalized spacial score (nSPS) is 17.1. The topological polar surface area (TPSA) is 94.5 Å². The Kier molecular flexibility index (Phi) is 9.58. The summed E-state index contributed by atoms with van der Waals surface area (Å²) >= 11 is 0. The number of likely N-dealkylation sites (tertiary alicyclic amines) is 1. The maximum Gasteiger partial charge on any atom is 0.295 e. The molecule has 0 bridgehead atoms. The molecule has 0 spiro atoms. The number of ether oxygens (including phenoxy) is 4. The van der Waals surface area contributed by atoms with Crippen molar-refractivity contribution in [3.8, 4) is 17.2 Å². The molecular formula is C29H37NO7. The zero-order valence-electron chi connectivity index (χ0n) is 22.4. The lowest BCUT2D eigenvalue weighted by molar-refractivity contribution is -0.140. The van der Waals surface area contributed by atoms with Crippen molar-refractivity contribution in [1.29, 1.82) is 0 Å². The molecule has 0 saturated carbocycles. The molecule has 0 radical (unpaired) electrons. The summed E-state index contributed by atoms with van der Waals surface area (Å²) in [7, 11) is 1.55. The monoisotopic (exact) mass is 511 g/mol. The molecule has 200 valence electrons. The number of methoxy groups -OCH3 is 1. The molecule has 1 amide bonds. The minimum absolute atomic E-state index is 0.0177. The number of nitrogens with zero attached hydrogens (tertiary/aromatic N) is 1. The maximum atomic E-state index is 13.3. The van der Waals surface area contributed by atoms with Gasteiger partial charge in [-0.1, -0.05) is 18.2 Å². The van der Waals surface area contributed by atoms with Crippen molar-refractivity contribution in [2.45, 2.75) is 59.3 Å². The predicted molar refractivity (Wildman–Crippen MR) is 141 cm³/mol. The van der Waals surface area contributed by atoms with Crippen LogP contribution in [0.3, 0.4) is 0 Å². The summed E-state index contributed by atoms with van der Waals surface area (Å²) in [6.45, 7) is 10.7. The van der Waals surface area contributed by atoms with E-state index in [1.807, 2.05) is 34.6 Å². The Hall–Kier alpha value is -3.52. The molecule has 8 nitrogen and oxygen atoms in total. The minimum Gasteiger partial charge on any atom is -0.507 e. The number of hydrogen-bond donors (Lipinski definition) is 1. The Morgan fingerprint density at radius 3 is 2.43 bits per heavy atom. The van der Waals surface area contributed by atoms with Crippen LogP contribution in [0.2, 0.25) is 0 Å². The average molecular weight is 512 g/mol. The molecule has 1 aliphatic heterocycles. The molecule has 8 heteroatoms. The fraction of sp³-hybridized carbons (Fsp3) is 0.448. The van der Waals surface area contributed by atoms with Crippen LogP contribution in [0.4, 0.5) is 0 Å². The summed E-state index contributed by atoms with van der Waals surface area (Å²) in [4.78, 5) is 28.0. The van der Waals surface area contributed by atoms with E-state index in [-0.39, 0.29) is 30.1 Å². The van der Waals surface area contributed by atoms with Crippen LogP contribution in [0.1, 0.15) is 58.2 Å². The van der Waals surface area contributed by atoms with Gasteiger partial charge in [0.2, 0.25) is 0 Å². The number of aliphatic hydroxyl groups excluding tert-OH is 1. The van der Waals surface area contributed by atoms with Crippen LogP contribution in [0, 0.1) is 0 Å². The molecule has 1 heterocycles. The molecule has 37 heavy (non-hydrogen) atoms. The van der Waals surface area contributed by atoms with Crippen molar-refractivity contribution in [2.75, 3.05) is 26.9 Å². The highest BCUT2D eigenvalue weighted by atomic mass is 16.5. The van der Waals surface area contributed by atoms with Gasteiger partial charge in [0.1, 0.15) is 11.5 Å². The molecule has 2 aromatic rings. The zero-order chi connectivity index (χ0) is 27.1. The van der Waals surface area contributed by atoms with Gasteiger partial charge in [0.05, 0.1) is 37.5 Å². The van der Waals surface area contributed by atoms with Gasteiger partial charge < -0.3 is 29.0 Å². The number of carbonyl (C=O) groups excluding carboxylic acids is 2. The Morgan fingerprint density at radius 1 is 1.03 bits per heavy atom. The van der Waals surface area contributed by atoms with Crippen LogP contribution in [-0.4, -0.2) is 60.8 Å². The molecule has 1 unspecified atom stereocenters. The van der Waals surface area contributed by atoms with Gasteiger partial charge >= 0.3 is 0 Å². The molecule has 0 aromatic heterocycles. The lowest BCUT2D eigenvalue weighted by Gasteiger charge is -2.26. The Labute approximate surface area is 218 Å². The summed E-state index contributed by atoms with van der Waals surface area (Å²) in [5.74, 6) is -0.0864. The van der Waals surface area contributed by atoms with Crippen molar-refractivity contribution in [2.24, 2.45) is 0 Å².